The van der Waals surface area contributed by atoms with Gasteiger partial charge in [0.05, 0.1) is 18.3 Å². The number of aromatic nitrogens is 2. The predicted octanol–water partition coefficient (Wildman–Crippen LogP) is 3.86. The summed E-state index contributed by atoms with van der Waals surface area (Å²) in [5.74, 6) is 0.229. The molecule has 0 radical (unpaired) electrons. The normalized spacial score (nSPS) is 10.4. The third-order valence-corrected chi connectivity index (χ3v) is 3.25. The maximum Gasteiger partial charge on any atom is 0.188 e. The first kappa shape index (κ1) is 12.1. The van der Waals surface area contributed by atoms with Crippen LogP contribution in [0.5, 0.6) is 5.75 Å². The fraction of sp³-hybridized carbons (Fsp3) is 0.0625. The van der Waals surface area contributed by atoms with Crippen LogP contribution in [0.4, 0.5) is 5.69 Å². The van der Waals surface area contributed by atoms with Gasteiger partial charge in [0.15, 0.2) is 5.69 Å². The maximum absolute atomic E-state index is 9.86. The van der Waals surface area contributed by atoms with Gasteiger partial charge in [-0.05, 0) is 53.3 Å². The van der Waals surface area contributed by atoms with Crippen LogP contribution in [-0.4, -0.2) is 15.3 Å². The highest BCUT2D eigenvalue weighted by Gasteiger charge is 2.09. The van der Waals surface area contributed by atoms with Crippen LogP contribution in [0.1, 0.15) is 5.56 Å². The Bertz CT molecular complexity index is 850. The molecule has 4 heteroatoms. The lowest BCUT2D eigenvalue weighted by atomic mass is 10.00. The summed E-state index contributed by atoms with van der Waals surface area (Å²) in [6, 6.07) is 10.8. The number of fused-ring (bicyclic) bond motifs is 1. The lowest BCUT2D eigenvalue weighted by Gasteiger charge is -2.08. The zero-order valence-electron chi connectivity index (χ0n) is 10.8. The van der Waals surface area contributed by atoms with Crippen molar-refractivity contribution < 1.29 is 5.11 Å². The molecule has 3 rings (SSSR count). The molecule has 0 spiro atoms. The summed E-state index contributed by atoms with van der Waals surface area (Å²) in [6.45, 7) is 9.03. The molecule has 0 amide bonds. The zero-order chi connectivity index (χ0) is 14.1. The van der Waals surface area contributed by atoms with Gasteiger partial charge in [-0.1, -0.05) is 12.1 Å². The molecule has 0 saturated heterocycles. The van der Waals surface area contributed by atoms with Crippen LogP contribution >= 0.6 is 0 Å². The number of aromatic hydroxyl groups is 1. The Labute approximate surface area is 116 Å². The molecule has 0 unspecified atom stereocenters. The number of aryl methyl sites for hydroxylation is 1. The van der Waals surface area contributed by atoms with Crippen molar-refractivity contribution in [3.05, 3.63) is 59.6 Å². The molecule has 0 aliphatic rings. The van der Waals surface area contributed by atoms with E-state index in [0.717, 1.165) is 27.6 Å². The van der Waals surface area contributed by atoms with Gasteiger partial charge >= 0.3 is 0 Å². The molecule has 0 bridgehead atoms. The average molecular weight is 261 g/mol. The molecular formula is C16H11N3O. The summed E-state index contributed by atoms with van der Waals surface area (Å²) in [6.07, 6.45) is 1.60. The van der Waals surface area contributed by atoms with Crippen LogP contribution in [0.25, 0.3) is 26.9 Å². The minimum absolute atomic E-state index is 0.229. The fourth-order valence-electron chi connectivity index (χ4n) is 2.15. The molecular weight excluding hydrogens is 250 g/mol. The highest BCUT2D eigenvalue weighted by Crippen LogP contribution is 2.33. The fourth-order valence-corrected chi connectivity index (χ4v) is 2.15. The standard InChI is InChI=1S/C16H11N3O/c1-10-3-4-11(8-15(10)20)14-9-13(17-2)7-12-5-6-18-19-16(12)14/h3-9,20H,1H3. The molecule has 1 aromatic heterocycles. The van der Waals surface area contributed by atoms with Gasteiger partial charge in [-0.15, -0.1) is 5.10 Å². The summed E-state index contributed by atoms with van der Waals surface area (Å²) in [4.78, 5) is 3.49. The van der Waals surface area contributed by atoms with E-state index < -0.39 is 0 Å². The molecule has 20 heavy (non-hydrogen) atoms. The Balaban J connectivity index is 2.34. The summed E-state index contributed by atoms with van der Waals surface area (Å²) >= 11 is 0. The first-order chi connectivity index (χ1) is 9.69. The monoisotopic (exact) mass is 261 g/mol. The summed E-state index contributed by atoms with van der Waals surface area (Å²) < 4.78 is 0. The van der Waals surface area contributed by atoms with E-state index in [0.29, 0.717) is 5.69 Å². The number of phenolic OH excluding ortho intramolecular Hbond substituents is 1. The van der Waals surface area contributed by atoms with E-state index in [1.54, 1.807) is 24.4 Å². The second kappa shape index (κ2) is 4.63. The van der Waals surface area contributed by atoms with E-state index in [-0.39, 0.29) is 5.75 Å². The van der Waals surface area contributed by atoms with Crippen LogP contribution < -0.4 is 0 Å². The zero-order valence-corrected chi connectivity index (χ0v) is 10.8. The Morgan fingerprint density at radius 1 is 1.15 bits per heavy atom. The first-order valence-corrected chi connectivity index (χ1v) is 6.12. The molecule has 0 saturated carbocycles. The summed E-state index contributed by atoms with van der Waals surface area (Å²) in [5.41, 5.74) is 3.70. The number of benzene rings is 2. The Morgan fingerprint density at radius 2 is 2.00 bits per heavy atom. The Morgan fingerprint density at radius 3 is 2.75 bits per heavy atom. The van der Waals surface area contributed by atoms with E-state index in [1.807, 2.05) is 25.1 Å². The number of nitrogens with zero attached hydrogens (tertiary/aromatic N) is 3. The number of phenols is 1. The van der Waals surface area contributed by atoms with Gasteiger partial charge in [-0.2, -0.15) is 5.10 Å². The Hall–Kier alpha value is -2.93. The van der Waals surface area contributed by atoms with E-state index in [2.05, 4.69) is 15.0 Å². The van der Waals surface area contributed by atoms with Crippen molar-refractivity contribution in [2.75, 3.05) is 0 Å². The third-order valence-electron chi connectivity index (χ3n) is 3.25. The largest absolute Gasteiger partial charge is 0.508 e. The van der Waals surface area contributed by atoms with Gasteiger partial charge in [-0.25, -0.2) is 4.85 Å². The van der Waals surface area contributed by atoms with Crippen molar-refractivity contribution in [2.45, 2.75) is 6.92 Å². The molecule has 3 aromatic rings. The van der Waals surface area contributed by atoms with E-state index >= 15 is 0 Å². The quantitative estimate of drug-likeness (QED) is 0.677. The first-order valence-electron chi connectivity index (χ1n) is 6.12. The van der Waals surface area contributed by atoms with Gasteiger partial charge in [0.1, 0.15) is 5.75 Å². The van der Waals surface area contributed by atoms with Crippen molar-refractivity contribution in [3.63, 3.8) is 0 Å². The molecule has 4 nitrogen and oxygen atoms in total. The van der Waals surface area contributed by atoms with E-state index in [9.17, 15) is 5.11 Å². The molecule has 96 valence electrons. The SMILES string of the molecule is [C-]#[N+]c1cc(-c2ccc(C)c(O)c2)c2nnccc2c1. The van der Waals surface area contributed by atoms with Crippen molar-refractivity contribution in [1.82, 2.24) is 10.2 Å². The lowest BCUT2D eigenvalue weighted by molar-refractivity contribution is 0.471. The third kappa shape index (κ3) is 1.95. The summed E-state index contributed by atoms with van der Waals surface area (Å²) in [5, 5.41) is 18.8. The van der Waals surface area contributed by atoms with E-state index in [4.69, 9.17) is 6.57 Å². The predicted molar refractivity (Wildman–Crippen MR) is 77.6 cm³/mol. The summed E-state index contributed by atoms with van der Waals surface area (Å²) in [7, 11) is 0. The lowest BCUT2D eigenvalue weighted by Crippen LogP contribution is -1.88. The van der Waals surface area contributed by atoms with Gasteiger partial charge < -0.3 is 5.11 Å². The Kier molecular flexibility index (Phi) is 2.81. The smallest absolute Gasteiger partial charge is 0.188 e. The number of rotatable bonds is 1. The van der Waals surface area contributed by atoms with Crippen molar-refractivity contribution in [2.24, 2.45) is 0 Å². The second-order valence-corrected chi connectivity index (χ2v) is 4.58. The van der Waals surface area contributed by atoms with Gasteiger partial charge in [0.2, 0.25) is 0 Å². The van der Waals surface area contributed by atoms with Gasteiger partial charge in [-0.3, -0.25) is 0 Å². The maximum atomic E-state index is 9.86. The van der Waals surface area contributed by atoms with Crippen LogP contribution in [0.15, 0.2) is 42.6 Å². The molecule has 2 aromatic carbocycles. The van der Waals surface area contributed by atoms with Crippen molar-refractivity contribution in [1.29, 1.82) is 0 Å². The average Bonchev–Trinajstić information content (AvgIpc) is 2.49. The molecule has 0 atom stereocenters. The minimum Gasteiger partial charge on any atom is -0.508 e. The van der Waals surface area contributed by atoms with E-state index in [1.165, 1.54) is 0 Å². The molecule has 0 aliphatic carbocycles. The van der Waals surface area contributed by atoms with Crippen LogP contribution in [0, 0.1) is 13.5 Å². The molecule has 0 fully saturated rings. The van der Waals surface area contributed by atoms with Crippen molar-refractivity contribution >= 4 is 16.6 Å². The molecule has 1 N–H and O–H groups in total. The number of hydrogen-bond acceptors (Lipinski definition) is 3. The molecule has 1 heterocycles. The minimum atomic E-state index is 0.229. The highest BCUT2D eigenvalue weighted by molar-refractivity contribution is 5.96. The molecule has 0 aliphatic heterocycles. The number of hydrogen-bond donors (Lipinski definition) is 1. The van der Waals surface area contributed by atoms with Gasteiger partial charge in [0.25, 0.3) is 0 Å². The van der Waals surface area contributed by atoms with Crippen LogP contribution in [-0.2, 0) is 0 Å². The van der Waals surface area contributed by atoms with Crippen LogP contribution in [0.3, 0.4) is 0 Å². The topological polar surface area (TPSA) is 50.4 Å². The second-order valence-electron chi connectivity index (χ2n) is 4.58. The highest BCUT2D eigenvalue weighted by atomic mass is 16.3. The van der Waals surface area contributed by atoms with Crippen molar-refractivity contribution in [3.8, 4) is 16.9 Å². The van der Waals surface area contributed by atoms with Crippen LogP contribution in [0.2, 0.25) is 0 Å². The van der Waals surface area contributed by atoms with Gasteiger partial charge in [0, 0.05) is 0 Å².